The maximum Gasteiger partial charge on any atom is 0.261 e. The number of nitrogens with zero attached hydrogens (tertiary/aromatic N) is 3. The molecular weight excluding hydrogens is 494 g/mol. The topological polar surface area (TPSA) is 132 Å². The van der Waals surface area contributed by atoms with Gasteiger partial charge in [-0.1, -0.05) is 12.1 Å². The Balaban J connectivity index is 1.39. The smallest absolute Gasteiger partial charge is 0.261 e. The Kier molecular flexibility index (Phi) is 6.16. The number of nitrogens with two attached hydrogens (primary N) is 1. The van der Waals surface area contributed by atoms with Crippen LogP contribution in [-0.4, -0.2) is 59.0 Å². The van der Waals surface area contributed by atoms with Crippen molar-refractivity contribution in [3.8, 4) is 22.9 Å². The van der Waals surface area contributed by atoms with Gasteiger partial charge in [0, 0.05) is 50.5 Å². The fourth-order valence-corrected chi connectivity index (χ4v) is 5.01. The van der Waals surface area contributed by atoms with Crippen LogP contribution in [0.3, 0.4) is 0 Å². The summed E-state index contributed by atoms with van der Waals surface area (Å²) >= 11 is 0. The normalized spacial score (nSPS) is 14.2. The number of piperazine rings is 1. The van der Waals surface area contributed by atoms with E-state index < -0.39 is 0 Å². The van der Waals surface area contributed by atoms with E-state index in [2.05, 4.69) is 44.3 Å². The summed E-state index contributed by atoms with van der Waals surface area (Å²) in [6.07, 6.45) is 0. The zero-order valence-electron chi connectivity index (χ0n) is 21.7. The van der Waals surface area contributed by atoms with Gasteiger partial charge < -0.3 is 35.6 Å². The number of likely N-dealkylation sites (N-methyl/N-ethyl adjacent to an activating group) is 1. The second kappa shape index (κ2) is 9.80. The number of pyridine rings is 1. The first-order valence-electron chi connectivity index (χ1n) is 12.8. The van der Waals surface area contributed by atoms with E-state index in [-0.39, 0.29) is 22.7 Å². The van der Waals surface area contributed by atoms with Gasteiger partial charge in [-0.15, -0.1) is 0 Å². The van der Waals surface area contributed by atoms with Gasteiger partial charge in [-0.05, 0) is 49.5 Å². The van der Waals surface area contributed by atoms with E-state index >= 15 is 0 Å². The van der Waals surface area contributed by atoms with Crippen LogP contribution in [0.15, 0.2) is 65.5 Å². The third-order valence-corrected chi connectivity index (χ3v) is 6.99. The van der Waals surface area contributed by atoms with Crippen LogP contribution in [0.4, 0.5) is 17.1 Å². The Morgan fingerprint density at radius 1 is 1.00 bits per heavy atom. The average molecular weight is 524 g/mol. The molecule has 0 atom stereocenters. The van der Waals surface area contributed by atoms with Crippen molar-refractivity contribution in [2.75, 3.05) is 49.2 Å². The number of amides is 1. The van der Waals surface area contributed by atoms with E-state index in [0.29, 0.717) is 33.9 Å². The van der Waals surface area contributed by atoms with Crippen LogP contribution < -0.4 is 26.2 Å². The third-order valence-electron chi connectivity index (χ3n) is 6.99. The molecule has 2 aromatic heterocycles. The molecule has 6 rings (SSSR count). The number of ether oxygens (including phenoxy) is 1. The summed E-state index contributed by atoms with van der Waals surface area (Å²) in [6, 6.07) is 18.5. The molecular formula is C29H29N7O3. The number of nitrogens with one attached hydrogen (secondary N) is 3. The lowest BCUT2D eigenvalue weighted by molar-refractivity contribution is -0.114. The molecule has 0 unspecified atom stereocenters. The molecule has 0 spiro atoms. The number of hydrogen-bond acceptors (Lipinski definition) is 7. The second-order valence-electron chi connectivity index (χ2n) is 9.81. The highest BCUT2D eigenvalue weighted by Gasteiger charge is 2.20. The predicted octanol–water partition coefficient (Wildman–Crippen LogP) is 4.16. The highest BCUT2D eigenvalue weighted by atomic mass is 16.5. The van der Waals surface area contributed by atoms with Crippen molar-refractivity contribution in [1.29, 1.82) is 0 Å². The molecule has 3 aromatic carbocycles. The lowest BCUT2D eigenvalue weighted by atomic mass is 10.1. The van der Waals surface area contributed by atoms with Crippen molar-refractivity contribution in [2.24, 2.45) is 0 Å². The second-order valence-corrected chi connectivity index (χ2v) is 9.81. The van der Waals surface area contributed by atoms with Crippen LogP contribution in [0, 0.1) is 0 Å². The van der Waals surface area contributed by atoms with E-state index in [9.17, 15) is 9.59 Å². The summed E-state index contributed by atoms with van der Waals surface area (Å²) in [7, 11) is 2.13. The molecule has 0 radical (unpaired) electrons. The lowest BCUT2D eigenvalue weighted by Crippen LogP contribution is -2.44. The van der Waals surface area contributed by atoms with Gasteiger partial charge >= 0.3 is 0 Å². The van der Waals surface area contributed by atoms with Crippen molar-refractivity contribution in [3.63, 3.8) is 0 Å². The molecule has 0 bridgehead atoms. The molecule has 1 amide bonds. The van der Waals surface area contributed by atoms with Crippen molar-refractivity contribution in [2.45, 2.75) is 6.92 Å². The Morgan fingerprint density at radius 3 is 2.59 bits per heavy atom. The van der Waals surface area contributed by atoms with Crippen LogP contribution in [-0.2, 0) is 4.79 Å². The number of imidazole rings is 1. The van der Waals surface area contributed by atoms with Crippen LogP contribution in [0.2, 0.25) is 0 Å². The largest absolute Gasteiger partial charge is 0.457 e. The third kappa shape index (κ3) is 4.77. The van der Waals surface area contributed by atoms with Gasteiger partial charge in [0.05, 0.1) is 27.6 Å². The van der Waals surface area contributed by atoms with E-state index in [4.69, 9.17) is 15.5 Å². The van der Waals surface area contributed by atoms with Gasteiger partial charge in [0.25, 0.3) is 5.56 Å². The van der Waals surface area contributed by atoms with Crippen molar-refractivity contribution in [3.05, 3.63) is 71.0 Å². The minimum Gasteiger partial charge on any atom is -0.457 e. The number of aromatic amines is 2. The Hall–Kier alpha value is -4.83. The van der Waals surface area contributed by atoms with Crippen LogP contribution in [0.25, 0.3) is 33.3 Å². The number of aromatic nitrogens is 3. The van der Waals surface area contributed by atoms with Crippen LogP contribution in [0.5, 0.6) is 11.5 Å². The van der Waals surface area contributed by atoms with Crippen LogP contribution in [0.1, 0.15) is 6.92 Å². The molecule has 10 nitrogen and oxygen atoms in total. The Bertz CT molecular complexity index is 1770. The molecule has 0 aliphatic carbocycles. The van der Waals surface area contributed by atoms with Gasteiger partial charge in [0.1, 0.15) is 22.9 Å². The van der Waals surface area contributed by atoms with Gasteiger partial charge in [0.15, 0.2) is 0 Å². The number of H-pyrrole nitrogens is 2. The molecule has 1 fully saturated rings. The van der Waals surface area contributed by atoms with Crippen molar-refractivity contribution >= 4 is 44.9 Å². The highest BCUT2D eigenvalue weighted by molar-refractivity contribution is 6.02. The number of rotatable bonds is 5. The van der Waals surface area contributed by atoms with E-state index in [1.807, 2.05) is 6.07 Å². The molecule has 3 heterocycles. The molecule has 1 saturated heterocycles. The predicted molar refractivity (Wildman–Crippen MR) is 155 cm³/mol. The van der Waals surface area contributed by atoms with Gasteiger partial charge in [-0.25, -0.2) is 4.98 Å². The monoisotopic (exact) mass is 523 g/mol. The van der Waals surface area contributed by atoms with Gasteiger partial charge in [0.2, 0.25) is 5.91 Å². The molecule has 0 saturated carbocycles. The van der Waals surface area contributed by atoms with E-state index in [1.165, 1.54) is 6.92 Å². The van der Waals surface area contributed by atoms with Gasteiger partial charge in [-0.2, -0.15) is 0 Å². The summed E-state index contributed by atoms with van der Waals surface area (Å²) in [6.45, 7) is 5.38. The SMILES string of the molecule is CC(=O)Nc1cccc(Oc2cccc3[nH]c(=O)c(-c4nc5ccc(N6CCN(C)CC6)cc5[nH]4)c(N)c23)c1. The summed E-state index contributed by atoms with van der Waals surface area (Å²) in [5.74, 6) is 1.20. The summed E-state index contributed by atoms with van der Waals surface area (Å²) in [4.78, 5) is 40.3. The average Bonchev–Trinajstić information content (AvgIpc) is 3.31. The minimum atomic E-state index is -0.344. The Morgan fingerprint density at radius 2 is 1.79 bits per heavy atom. The van der Waals surface area contributed by atoms with Crippen LogP contribution >= 0.6 is 0 Å². The molecule has 39 heavy (non-hydrogen) atoms. The highest BCUT2D eigenvalue weighted by Crippen LogP contribution is 2.37. The molecule has 5 N–H and O–H groups in total. The van der Waals surface area contributed by atoms with E-state index in [1.54, 1.807) is 42.5 Å². The fraction of sp³-hybridized carbons (Fsp3) is 0.207. The van der Waals surface area contributed by atoms with Crippen molar-refractivity contribution in [1.82, 2.24) is 19.9 Å². The zero-order valence-corrected chi connectivity index (χ0v) is 21.7. The number of carbonyl (C=O) groups is 1. The standard InChI is InChI=1S/C29H29N7O3/c1-17(37)31-18-5-3-6-20(15-18)39-24-8-4-7-22-25(24)27(30)26(29(38)34-22)28-32-21-10-9-19(16-23(21)33-28)36-13-11-35(2)12-14-36/h3-10,15-16H,11-14H2,1-2H3,(H,31,37)(H,32,33)(H3,30,34,38). The summed E-state index contributed by atoms with van der Waals surface area (Å²) in [5, 5.41) is 3.31. The number of fused-ring (bicyclic) bond motifs is 2. The number of carbonyl (C=O) groups excluding carboxylic acids is 1. The number of hydrogen-bond donors (Lipinski definition) is 4. The summed E-state index contributed by atoms with van der Waals surface area (Å²) < 4.78 is 6.18. The number of nitrogen functional groups attached to an aromatic ring is 1. The van der Waals surface area contributed by atoms with E-state index in [0.717, 1.165) is 42.9 Å². The fourth-order valence-electron chi connectivity index (χ4n) is 5.01. The summed E-state index contributed by atoms with van der Waals surface area (Å²) in [5.41, 5.74) is 10.7. The molecule has 1 aliphatic heterocycles. The lowest BCUT2D eigenvalue weighted by Gasteiger charge is -2.34. The number of benzene rings is 3. The minimum absolute atomic E-state index is 0.176. The van der Waals surface area contributed by atoms with Gasteiger partial charge in [-0.3, -0.25) is 9.59 Å². The Labute approximate surface area is 224 Å². The first-order valence-corrected chi connectivity index (χ1v) is 12.8. The zero-order chi connectivity index (χ0) is 27.1. The number of anilines is 3. The molecule has 198 valence electrons. The molecule has 10 heteroatoms. The quantitative estimate of drug-likeness (QED) is 0.272. The molecule has 5 aromatic rings. The first-order chi connectivity index (χ1) is 18.9. The maximum atomic E-state index is 13.2. The van der Waals surface area contributed by atoms with Crippen molar-refractivity contribution < 1.29 is 9.53 Å². The maximum absolute atomic E-state index is 13.2. The first kappa shape index (κ1) is 24.5. The molecule has 1 aliphatic rings.